The van der Waals surface area contributed by atoms with Crippen molar-refractivity contribution < 1.29 is 4.74 Å². The maximum atomic E-state index is 6.18. The summed E-state index contributed by atoms with van der Waals surface area (Å²) in [5.74, 6) is 0.991. The third kappa shape index (κ3) is 4.40. The van der Waals surface area contributed by atoms with Crippen LogP contribution >= 0.6 is 0 Å². The molecule has 3 aromatic rings. The molecular formula is C23H27NO. The van der Waals surface area contributed by atoms with Crippen LogP contribution in [0.1, 0.15) is 37.0 Å². The van der Waals surface area contributed by atoms with Crippen molar-refractivity contribution in [1.29, 1.82) is 0 Å². The van der Waals surface area contributed by atoms with E-state index in [1.807, 2.05) is 0 Å². The minimum absolute atomic E-state index is 0.219. The first-order valence-corrected chi connectivity index (χ1v) is 9.11. The number of hydrogen-bond donors (Lipinski definition) is 1. The van der Waals surface area contributed by atoms with E-state index in [0.717, 1.165) is 25.3 Å². The molecule has 1 unspecified atom stereocenters. The Hall–Kier alpha value is -2.32. The highest BCUT2D eigenvalue weighted by Crippen LogP contribution is 2.29. The van der Waals surface area contributed by atoms with Gasteiger partial charge in [-0.2, -0.15) is 0 Å². The number of nitrogens with one attached hydrogen (secondary N) is 1. The van der Waals surface area contributed by atoms with E-state index in [1.54, 1.807) is 0 Å². The Bertz CT molecular complexity index is 840. The summed E-state index contributed by atoms with van der Waals surface area (Å²) in [4.78, 5) is 0. The first-order chi connectivity index (χ1) is 12.2. The molecule has 0 amide bonds. The van der Waals surface area contributed by atoms with Gasteiger partial charge < -0.3 is 10.1 Å². The average Bonchev–Trinajstić information content (AvgIpc) is 2.63. The lowest BCUT2D eigenvalue weighted by atomic mass is 10.0. The molecule has 0 radical (unpaired) electrons. The molecule has 0 heterocycles. The number of rotatable bonds is 7. The minimum Gasteiger partial charge on any atom is -0.490 e. The quantitative estimate of drug-likeness (QED) is 0.606. The van der Waals surface area contributed by atoms with Crippen molar-refractivity contribution in [2.75, 3.05) is 0 Å². The standard InChI is InChI=1S/C23H27NO/c1-4-18(3)25-23-13-12-20-10-5-6-11-21(20)22(23)16-24-15-19-9-7-8-17(2)14-19/h5-14,18,24H,4,15-16H2,1-3H3. The van der Waals surface area contributed by atoms with Gasteiger partial charge in [-0.1, -0.05) is 67.1 Å². The van der Waals surface area contributed by atoms with Crippen LogP contribution in [0, 0.1) is 6.92 Å². The Morgan fingerprint density at radius 3 is 2.60 bits per heavy atom. The van der Waals surface area contributed by atoms with Crippen LogP contribution in [0.15, 0.2) is 60.7 Å². The fourth-order valence-electron chi connectivity index (χ4n) is 3.06. The molecule has 1 atom stereocenters. The van der Waals surface area contributed by atoms with Gasteiger partial charge in [-0.15, -0.1) is 0 Å². The lowest BCUT2D eigenvalue weighted by Gasteiger charge is -2.18. The van der Waals surface area contributed by atoms with E-state index < -0.39 is 0 Å². The number of benzene rings is 3. The smallest absolute Gasteiger partial charge is 0.124 e. The Morgan fingerprint density at radius 1 is 0.960 bits per heavy atom. The van der Waals surface area contributed by atoms with Gasteiger partial charge in [0.1, 0.15) is 5.75 Å². The van der Waals surface area contributed by atoms with E-state index in [0.29, 0.717) is 0 Å². The number of aryl methyl sites for hydroxylation is 1. The summed E-state index contributed by atoms with van der Waals surface area (Å²) in [6, 6.07) is 21.4. The van der Waals surface area contributed by atoms with Gasteiger partial charge in [0.15, 0.2) is 0 Å². The maximum Gasteiger partial charge on any atom is 0.124 e. The lowest BCUT2D eigenvalue weighted by molar-refractivity contribution is 0.215. The number of hydrogen-bond acceptors (Lipinski definition) is 2. The molecule has 25 heavy (non-hydrogen) atoms. The normalized spacial score (nSPS) is 12.3. The molecule has 1 N–H and O–H groups in total. The second kappa shape index (κ2) is 8.17. The Labute approximate surface area is 150 Å². The van der Waals surface area contributed by atoms with E-state index in [-0.39, 0.29) is 6.10 Å². The zero-order valence-corrected chi connectivity index (χ0v) is 15.4. The van der Waals surface area contributed by atoms with Gasteiger partial charge in [0.05, 0.1) is 6.10 Å². The van der Waals surface area contributed by atoms with Crippen molar-refractivity contribution in [1.82, 2.24) is 5.32 Å². The van der Waals surface area contributed by atoms with Gasteiger partial charge in [-0.25, -0.2) is 0 Å². The SMILES string of the molecule is CCC(C)Oc1ccc2ccccc2c1CNCc1cccc(C)c1. The molecule has 2 nitrogen and oxygen atoms in total. The molecular weight excluding hydrogens is 306 g/mol. The maximum absolute atomic E-state index is 6.18. The first kappa shape index (κ1) is 17.5. The van der Waals surface area contributed by atoms with Crippen molar-refractivity contribution in [2.45, 2.75) is 46.4 Å². The van der Waals surface area contributed by atoms with Crippen LogP contribution in [0.5, 0.6) is 5.75 Å². The highest BCUT2D eigenvalue weighted by molar-refractivity contribution is 5.87. The van der Waals surface area contributed by atoms with Crippen LogP contribution in [0.25, 0.3) is 10.8 Å². The fourth-order valence-corrected chi connectivity index (χ4v) is 3.06. The summed E-state index contributed by atoms with van der Waals surface area (Å²) >= 11 is 0. The second-order valence-electron chi connectivity index (χ2n) is 6.69. The Morgan fingerprint density at radius 2 is 1.80 bits per heavy atom. The van der Waals surface area contributed by atoms with Gasteiger partial charge in [0.25, 0.3) is 0 Å². The first-order valence-electron chi connectivity index (χ1n) is 9.11. The molecule has 0 aliphatic carbocycles. The molecule has 2 heteroatoms. The monoisotopic (exact) mass is 333 g/mol. The molecule has 0 saturated carbocycles. The van der Waals surface area contributed by atoms with E-state index in [1.165, 1.54) is 27.5 Å². The summed E-state index contributed by atoms with van der Waals surface area (Å²) in [6.07, 6.45) is 1.22. The van der Waals surface area contributed by atoms with Crippen molar-refractivity contribution in [3.8, 4) is 5.75 Å². The van der Waals surface area contributed by atoms with E-state index in [2.05, 4.69) is 86.8 Å². The molecule has 0 fully saturated rings. The third-order valence-electron chi connectivity index (χ3n) is 4.61. The molecule has 3 aromatic carbocycles. The lowest BCUT2D eigenvalue weighted by Crippen LogP contribution is -2.16. The van der Waals surface area contributed by atoms with Gasteiger partial charge >= 0.3 is 0 Å². The predicted octanol–water partition coefficient (Wildman–Crippen LogP) is 5.62. The zero-order chi connectivity index (χ0) is 17.6. The molecule has 0 bridgehead atoms. The molecule has 3 rings (SSSR count). The van der Waals surface area contributed by atoms with Crippen molar-refractivity contribution in [2.24, 2.45) is 0 Å². The molecule has 0 spiro atoms. The molecule has 130 valence electrons. The topological polar surface area (TPSA) is 21.3 Å². The molecule has 0 aliphatic rings. The van der Waals surface area contributed by atoms with Crippen LogP contribution in [0.3, 0.4) is 0 Å². The number of fused-ring (bicyclic) bond motifs is 1. The van der Waals surface area contributed by atoms with Gasteiger partial charge in [-0.05, 0) is 42.7 Å². The van der Waals surface area contributed by atoms with Crippen LogP contribution in [0.2, 0.25) is 0 Å². The largest absolute Gasteiger partial charge is 0.490 e. The van der Waals surface area contributed by atoms with Crippen LogP contribution in [-0.2, 0) is 13.1 Å². The third-order valence-corrected chi connectivity index (χ3v) is 4.61. The van der Waals surface area contributed by atoms with E-state index in [9.17, 15) is 0 Å². The van der Waals surface area contributed by atoms with E-state index >= 15 is 0 Å². The summed E-state index contributed by atoms with van der Waals surface area (Å²) in [7, 11) is 0. The van der Waals surface area contributed by atoms with Crippen molar-refractivity contribution >= 4 is 10.8 Å². The van der Waals surface area contributed by atoms with Crippen molar-refractivity contribution in [3.05, 3.63) is 77.4 Å². The average molecular weight is 333 g/mol. The summed E-state index contributed by atoms with van der Waals surface area (Å²) in [6.45, 7) is 8.06. The molecule has 0 aromatic heterocycles. The van der Waals surface area contributed by atoms with Gasteiger partial charge in [-0.3, -0.25) is 0 Å². The fraction of sp³-hybridized carbons (Fsp3) is 0.304. The highest BCUT2D eigenvalue weighted by Gasteiger charge is 2.11. The molecule has 0 aliphatic heterocycles. The van der Waals surface area contributed by atoms with E-state index in [4.69, 9.17) is 4.74 Å². The zero-order valence-electron chi connectivity index (χ0n) is 15.4. The second-order valence-corrected chi connectivity index (χ2v) is 6.69. The van der Waals surface area contributed by atoms with Crippen molar-refractivity contribution in [3.63, 3.8) is 0 Å². The van der Waals surface area contributed by atoms with Crippen LogP contribution < -0.4 is 10.1 Å². The summed E-state index contributed by atoms with van der Waals surface area (Å²) in [5.41, 5.74) is 3.85. The number of ether oxygens (including phenoxy) is 1. The van der Waals surface area contributed by atoms with Gasteiger partial charge in [0.2, 0.25) is 0 Å². The van der Waals surface area contributed by atoms with Gasteiger partial charge in [0, 0.05) is 18.7 Å². The molecule has 0 saturated heterocycles. The van der Waals surface area contributed by atoms with Crippen LogP contribution in [-0.4, -0.2) is 6.10 Å². The Kier molecular flexibility index (Phi) is 5.72. The Balaban J connectivity index is 1.83. The summed E-state index contributed by atoms with van der Waals surface area (Å²) < 4.78 is 6.18. The predicted molar refractivity (Wildman–Crippen MR) is 106 cm³/mol. The van der Waals surface area contributed by atoms with Crippen LogP contribution in [0.4, 0.5) is 0 Å². The summed E-state index contributed by atoms with van der Waals surface area (Å²) in [5, 5.41) is 6.11. The minimum atomic E-state index is 0.219. The highest BCUT2D eigenvalue weighted by atomic mass is 16.5.